The Labute approximate surface area is 110 Å². The Balaban J connectivity index is 2.45. The molecule has 1 heterocycles. The molecular weight excluding hydrogens is 226 g/mol. The van der Waals surface area contributed by atoms with Crippen LogP contribution in [0.3, 0.4) is 0 Å². The lowest BCUT2D eigenvalue weighted by Crippen LogP contribution is -2.49. The van der Waals surface area contributed by atoms with Crippen molar-refractivity contribution < 1.29 is 4.79 Å². The van der Waals surface area contributed by atoms with Crippen LogP contribution in [0.4, 0.5) is 0 Å². The lowest BCUT2D eigenvalue weighted by molar-refractivity contribution is -0.123. The number of carbonyl (C=O) groups is 1. The van der Waals surface area contributed by atoms with Crippen molar-refractivity contribution in [2.24, 2.45) is 11.7 Å². The summed E-state index contributed by atoms with van der Waals surface area (Å²) in [7, 11) is 0. The van der Waals surface area contributed by atoms with E-state index in [0.29, 0.717) is 19.0 Å². The summed E-state index contributed by atoms with van der Waals surface area (Å²) in [4.78, 5) is 14.2. The molecule has 4 heteroatoms. The van der Waals surface area contributed by atoms with Crippen LogP contribution in [0, 0.1) is 18.3 Å². The van der Waals surface area contributed by atoms with E-state index in [-0.39, 0.29) is 5.91 Å². The van der Waals surface area contributed by atoms with Crippen LogP contribution >= 0.6 is 0 Å². The predicted molar refractivity (Wildman–Crippen MR) is 73.9 cm³/mol. The molecule has 0 aliphatic carbocycles. The largest absolute Gasteiger partial charge is 0.339 e. The van der Waals surface area contributed by atoms with Crippen LogP contribution in [0.2, 0.25) is 0 Å². The van der Waals surface area contributed by atoms with E-state index < -0.39 is 5.54 Å². The zero-order valence-corrected chi connectivity index (χ0v) is 11.5. The number of terminal acetylenes is 1. The van der Waals surface area contributed by atoms with Crippen LogP contribution in [-0.4, -0.2) is 42.5 Å². The Morgan fingerprint density at radius 1 is 1.56 bits per heavy atom. The van der Waals surface area contributed by atoms with Crippen molar-refractivity contribution in [3.8, 4) is 12.3 Å². The smallest absolute Gasteiger partial charge is 0.235 e. The highest BCUT2D eigenvalue weighted by molar-refractivity contribution is 5.79. The maximum atomic E-state index is 12.0. The number of amides is 1. The first kappa shape index (κ1) is 15.0. The molecule has 0 aromatic heterocycles. The molecule has 1 amide bonds. The van der Waals surface area contributed by atoms with Crippen molar-refractivity contribution in [1.82, 2.24) is 10.2 Å². The molecule has 0 aromatic carbocycles. The van der Waals surface area contributed by atoms with Gasteiger partial charge in [-0.2, -0.15) is 0 Å². The Hall–Kier alpha value is -1.05. The minimum Gasteiger partial charge on any atom is -0.339 e. The Morgan fingerprint density at radius 3 is 2.67 bits per heavy atom. The zero-order chi connectivity index (χ0) is 13.6. The molecule has 0 radical (unpaired) electrons. The normalized spacial score (nSPS) is 20.7. The average molecular weight is 251 g/mol. The molecule has 1 fully saturated rings. The molecule has 18 heavy (non-hydrogen) atoms. The lowest BCUT2D eigenvalue weighted by atomic mass is 9.94. The minimum absolute atomic E-state index is 0.0225. The van der Waals surface area contributed by atoms with Crippen LogP contribution in [0.15, 0.2) is 0 Å². The van der Waals surface area contributed by atoms with Crippen LogP contribution < -0.4 is 11.1 Å². The summed E-state index contributed by atoms with van der Waals surface area (Å²) >= 11 is 0. The van der Waals surface area contributed by atoms with Gasteiger partial charge >= 0.3 is 0 Å². The van der Waals surface area contributed by atoms with Gasteiger partial charge in [-0.3, -0.25) is 9.69 Å². The molecule has 0 saturated carbocycles. The van der Waals surface area contributed by atoms with Gasteiger partial charge in [0.1, 0.15) is 5.54 Å². The van der Waals surface area contributed by atoms with Crippen molar-refractivity contribution in [2.75, 3.05) is 26.2 Å². The number of likely N-dealkylation sites (tertiary alicyclic amines) is 1. The Kier molecular flexibility index (Phi) is 5.64. The average Bonchev–Trinajstić information content (AvgIpc) is 2.83. The molecule has 3 N–H and O–H groups in total. The first-order valence-electron chi connectivity index (χ1n) is 6.80. The second-order valence-corrected chi connectivity index (χ2v) is 5.11. The van der Waals surface area contributed by atoms with Crippen LogP contribution in [-0.2, 0) is 4.79 Å². The van der Waals surface area contributed by atoms with Gasteiger partial charge in [-0.25, -0.2) is 0 Å². The van der Waals surface area contributed by atoms with Crippen molar-refractivity contribution in [1.29, 1.82) is 0 Å². The summed E-state index contributed by atoms with van der Waals surface area (Å²) in [5, 5.41) is 2.99. The molecule has 1 aliphatic heterocycles. The van der Waals surface area contributed by atoms with E-state index in [4.69, 9.17) is 12.2 Å². The first-order valence-corrected chi connectivity index (χ1v) is 6.80. The molecule has 1 unspecified atom stereocenters. The molecule has 1 rings (SSSR count). The number of hydrogen-bond donors (Lipinski definition) is 2. The van der Waals surface area contributed by atoms with Gasteiger partial charge in [-0.05, 0) is 38.3 Å². The molecule has 1 atom stereocenters. The van der Waals surface area contributed by atoms with E-state index in [9.17, 15) is 4.79 Å². The summed E-state index contributed by atoms with van der Waals surface area (Å²) in [6, 6.07) is 0. The van der Waals surface area contributed by atoms with Gasteiger partial charge in [0.25, 0.3) is 0 Å². The van der Waals surface area contributed by atoms with Gasteiger partial charge < -0.3 is 11.1 Å². The second kappa shape index (κ2) is 6.77. The molecule has 0 spiro atoms. The summed E-state index contributed by atoms with van der Waals surface area (Å²) < 4.78 is 0. The molecule has 4 nitrogen and oxygen atoms in total. The topological polar surface area (TPSA) is 58.4 Å². The predicted octanol–water partition coefficient (Wildman–Crippen LogP) is 0.575. The molecular formula is C14H25N3O. The molecule has 0 aromatic rings. The van der Waals surface area contributed by atoms with Gasteiger partial charge in [0.2, 0.25) is 5.91 Å². The minimum atomic E-state index is -0.482. The van der Waals surface area contributed by atoms with Crippen molar-refractivity contribution in [2.45, 2.75) is 38.6 Å². The number of hydrogen-bond acceptors (Lipinski definition) is 3. The number of nitrogens with two attached hydrogens (primary N) is 1. The van der Waals surface area contributed by atoms with E-state index >= 15 is 0 Å². The molecule has 102 valence electrons. The monoisotopic (exact) mass is 251 g/mol. The third-order valence-electron chi connectivity index (χ3n) is 3.93. The number of carbonyl (C=O) groups excluding carboxylic acids is 1. The fraction of sp³-hybridized carbons (Fsp3) is 0.786. The summed E-state index contributed by atoms with van der Waals surface area (Å²) in [6.07, 6.45) is 8.15. The maximum absolute atomic E-state index is 12.0. The summed E-state index contributed by atoms with van der Waals surface area (Å²) in [5.74, 6) is 3.28. The second-order valence-electron chi connectivity index (χ2n) is 5.11. The van der Waals surface area contributed by atoms with Crippen LogP contribution in [0.5, 0.6) is 0 Å². The fourth-order valence-corrected chi connectivity index (χ4v) is 2.43. The molecule has 0 bridgehead atoms. The lowest BCUT2D eigenvalue weighted by Gasteiger charge is -2.28. The first-order chi connectivity index (χ1) is 8.59. The Morgan fingerprint density at radius 2 is 2.22 bits per heavy atom. The highest BCUT2D eigenvalue weighted by atomic mass is 16.2. The van der Waals surface area contributed by atoms with Gasteiger partial charge in [-0.15, -0.1) is 6.42 Å². The van der Waals surface area contributed by atoms with Gasteiger partial charge in [-0.1, -0.05) is 19.8 Å². The van der Waals surface area contributed by atoms with Crippen molar-refractivity contribution >= 4 is 5.91 Å². The van der Waals surface area contributed by atoms with E-state index in [1.807, 2.05) is 13.8 Å². The van der Waals surface area contributed by atoms with E-state index in [1.165, 1.54) is 0 Å². The standard InChI is InChI=1S/C14H25N3O/c1-4-14(5-2,6-3)16-13(18)11-17-8-7-12(9-15)10-17/h1,12H,5-11,15H2,2-3H3,(H,16,18). The number of nitrogens with one attached hydrogen (secondary N) is 1. The SMILES string of the molecule is C#CC(CC)(CC)NC(=O)CN1CCC(CN)C1. The van der Waals surface area contributed by atoms with E-state index in [0.717, 1.165) is 32.4 Å². The van der Waals surface area contributed by atoms with Crippen LogP contribution in [0.1, 0.15) is 33.1 Å². The molecule has 1 aliphatic rings. The van der Waals surface area contributed by atoms with Gasteiger partial charge in [0.05, 0.1) is 6.54 Å². The van der Waals surface area contributed by atoms with Crippen molar-refractivity contribution in [3.05, 3.63) is 0 Å². The molecule has 1 saturated heterocycles. The quantitative estimate of drug-likeness (QED) is 0.679. The fourth-order valence-electron chi connectivity index (χ4n) is 2.43. The van der Waals surface area contributed by atoms with Crippen molar-refractivity contribution in [3.63, 3.8) is 0 Å². The summed E-state index contributed by atoms with van der Waals surface area (Å²) in [5.41, 5.74) is 5.16. The highest BCUT2D eigenvalue weighted by Crippen LogP contribution is 2.16. The third kappa shape index (κ3) is 3.72. The third-order valence-corrected chi connectivity index (χ3v) is 3.93. The van der Waals surface area contributed by atoms with Gasteiger partial charge in [0.15, 0.2) is 0 Å². The number of rotatable bonds is 6. The zero-order valence-electron chi connectivity index (χ0n) is 11.5. The number of nitrogens with zero attached hydrogens (tertiary/aromatic N) is 1. The maximum Gasteiger partial charge on any atom is 0.235 e. The highest BCUT2D eigenvalue weighted by Gasteiger charge is 2.28. The Bertz CT molecular complexity index is 317. The van der Waals surface area contributed by atoms with Crippen LogP contribution in [0.25, 0.3) is 0 Å². The van der Waals surface area contributed by atoms with E-state index in [2.05, 4.69) is 16.1 Å². The van der Waals surface area contributed by atoms with Gasteiger partial charge in [0, 0.05) is 6.54 Å². The summed E-state index contributed by atoms with van der Waals surface area (Å²) in [6.45, 7) is 7.02. The van der Waals surface area contributed by atoms with E-state index in [1.54, 1.807) is 0 Å².